The van der Waals surface area contributed by atoms with Gasteiger partial charge in [-0.3, -0.25) is 0 Å². The Morgan fingerprint density at radius 3 is 2.30 bits per heavy atom. The predicted molar refractivity (Wildman–Crippen MR) is 115 cm³/mol. The van der Waals surface area contributed by atoms with E-state index in [0.717, 1.165) is 36.8 Å². The standard InChI is InChI=1S/C24H35NO2/c1-4-5-6-7-10-18-26-22-15-13-21(14-16-22)25-17-19-27-24-12-9-8-11-23(24)20(2)3/h8-9,11-16,20,25H,4-7,10,17-19H2,1-3H3. The SMILES string of the molecule is CCCCCCCOc1ccc(NCCOc2ccccc2C(C)C)cc1. The summed E-state index contributed by atoms with van der Waals surface area (Å²) in [4.78, 5) is 0. The van der Waals surface area contributed by atoms with Crippen molar-refractivity contribution in [2.75, 3.05) is 25.1 Å². The summed E-state index contributed by atoms with van der Waals surface area (Å²) in [6.45, 7) is 8.83. The Morgan fingerprint density at radius 1 is 0.815 bits per heavy atom. The van der Waals surface area contributed by atoms with Crippen LogP contribution in [-0.2, 0) is 0 Å². The molecule has 3 nitrogen and oxygen atoms in total. The first-order valence-corrected chi connectivity index (χ1v) is 10.4. The van der Waals surface area contributed by atoms with Gasteiger partial charge in [-0.1, -0.05) is 64.7 Å². The number of benzene rings is 2. The van der Waals surface area contributed by atoms with Crippen LogP contribution < -0.4 is 14.8 Å². The lowest BCUT2D eigenvalue weighted by Gasteiger charge is -2.14. The number of rotatable bonds is 13. The van der Waals surface area contributed by atoms with E-state index in [-0.39, 0.29) is 0 Å². The minimum Gasteiger partial charge on any atom is -0.494 e. The van der Waals surface area contributed by atoms with Crippen molar-refractivity contribution >= 4 is 5.69 Å². The molecule has 1 N–H and O–H groups in total. The van der Waals surface area contributed by atoms with E-state index < -0.39 is 0 Å². The van der Waals surface area contributed by atoms with Crippen molar-refractivity contribution in [2.24, 2.45) is 0 Å². The van der Waals surface area contributed by atoms with Crippen LogP contribution in [0.2, 0.25) is 0 Å². The third kappa shape index (κ3) is 7.94. The molecular formula is C24H35NO2. The van der Waals surface area contributed by atoms with Gasteiger partial charge in [-0.25, -0.2) is 0 Å². The fourth-order valence-corrected chi connectivity index (χ4v) is 3.01. The highest BCUT2D eigenvalue weighted by Gasteiger charge is 2.06. The van der Waals surface area contributed by atoms with E-state index in [9.17, 15) is 0 Å². The van der Waals surface area contributed by atoms with E-state index in [4.69, 9.17) is 9.47 Å². The molecule has 2 aromatic carbocycles. The van der Waals surface area contributed by atoms with Crippen LogP contribution >= 0.6 is 0 Å². The van der Waals surface area contributed by atoms with Crippen LogP contribution in [-0.4, -0.2) is 19.8 Å². The van der Waals surface area contributed by atoms with Crippen molar-refractivity contribution in [1.29, 1.82) is 0 Å². The van der Waals surface area contributed by atoms with Crippen LogP contribution in [0, 0.1) is 0 Å². The largest absolute Gasteiger partial charge is 0.494 e. The maximum Gasteiger partial charge on any atom is 0.122 e. The van der Waals surface area contributed by atoms with Crippen molar-refractivity contribution in [3.05, 3.63) is 54.1 Å². The Labute approximate surface area is 165 Å². The maximum atomic E-state index is 5.95. The highest BCUT2D eigenvalue weighted by molar-refractivity contribution is 5.46. The second-order valence-electron chi connectivity index (χ2n) is 7.25. The molecule has 3 heteroatoms. The fourth-order valence-electron chi connectivity index (χ4n) is 3.01. The van der Waals surface area contributed by atoms with Gasteiger partial charge in [0.1, 0.15) is 18.1 Å². The topological polar surface area (TPSA) is 30.5 Å². The molecule has 148 valence electrons. The maximum absolute atomic E-state index is 5.95. The number of anilines is 1. The lowest BCUT2D eigenvalue weighted by molar-refractivity contribution is 0.304. The normalized spacial score (nSPS) is 10.8. The summed E-state index contributed by atoms with van der Waals surface area (Å²) >= 11 is 0. The lowest BCUT2D eigenvalue weighted by Crippen LogP contribution is -2.12. The predicted octanol–water partition coefficient (Wildman–Crippen LogP) is 6.65. The van der Waals surface area contributed by atoms with Crippen LogP contribution in [0.3, 0.4) is 0 Å². The van der Waals surface area contributed by atoms with E-state index in [1.807, 2.05) is 24.3 Å². The van der Waals surface area contributed by atoms with Crippen molar-refractivity contribution in [3.8, 4) is 11.5 Å². The molecule has 0 radical (unpaired) electrons. The Balaban J connectivity index is 1.65. The first-order valence-electron chi connectivity index (χ1n) is 10.4. The molecule has 0 spiro atoms. The minimum absolute atomic E-state index is 0.466. The molecular weight excluding hydrogens is 334 g/mol. The van der Waals surface area contributed by atoms with Gasteiger partial charge in [0.2, 0.25) is 0 Å². The molecule has 0 aliphatic rings. The summed E-state index contributed by atoms with van der Waals surface area (Å²) in [6, 6.07) is 16.5. The van der Waals surface area contributed by atoms with Crippen molar-refractivity contribution < 1.29 is 9.47 Å². The highest BCUT2D eigenvalue weighted by atomic mass is 16.5. The van der Waals surface area contributed by atoms with E-state index >= 15 is 0 Å². The van der Waals surface area contributed by atoms with Crippen molar-refractivity contribution in [2.45, 2.75) is 58.8 Å². The molecule has 0 unspecified atom stereocenters. The number of nitrogens with one attached hydrogen (secondary N) is 1. The van der Waals surface area contributed by atoms with Gasteiger partial charge >= 0.3 is 0 Å². The van der Waals surface area contributed by atoms with Gasteiger partial charge in [-0.05, 0) is 48.2 Å². The highest BCUT2D eigenvalue weighted by Crippen LogP contribution is 2.25. The molecule has 27 heavy (non-hydrogen) atoms. The van der Waals surface area contributed by atoms with Crippen molar-refractivity contribution in [1.82, 2.24) is 0 Å². The van der Waals surface area contributed by atoms with Crippen LogP contribution in [0.4, 0.5) is 5.69 Å². The Kier molecular flexibility index (Phi) is 9.61. The number of unbranched alkanes of at least 4 members (excludes halogenated alkanes) is 4. The zero-order chi connectivity index (χ0) is 19.3. The first-order chi connectivity index (χ1) is 13.2. The molecule has 0 aliphatic carbocycles. The second-order valence-corrected chi connectivity index (χ2v) is 7.25. The van der Waals surface area contributed by atoms with Gasteiger partial charge in [0, 0.05) is 12.2 Å². The molecule has 2 rings (SSSR count). The quantitative estimate of drug-likeness (QED) is 0.401. The summed E-state index contributed by atoms with van der Waals surface area (Å²) in [5, 5.41) is 3.40. The third-order valence-corrected chi connectivity index (χ3v) is 4.60. The fraction of sp³-hybridized carbons (Fsp3) is 0.500. The van der Waals surface area contributed by atoms with Gasteiger partial charge in [0.25, 0.3) is 0 Å². The summed E-state index contributed by atoms with van der Waals surface area (Å²) in [7, 11) is 0. The molecule has 0 amide bonds. The average molecular weight is 370 g/mol. The van der Waals surface area contributed by atoms with Crippen LogP contribution in [0.5, 0.6) is 11.5 Å². The zero-order valence-corrected chi connectivity index (χ0v) is 17.2. The minimum atomic E-state index is 0.466. The zero-order valence-electron chi connectivity index (χ0n) is 17.2. The van der Waals surface area contributed by atoms with E-state index in [0.29, 0.717) is 12.5 Å². The van der Waals surface area contributed by atoms with E-state index in [1.165, 1.54) is 31.2 Å². The summed E-state index contributed by atoms with van der Waals surface area (Å²) < 4.78 is 11.8. The van der Waals surface area contributed by atoms with Gasteiger partial charge in [0.15, 0.2) is 0 Å². The number of para-hydroxylation sites is 1. The van der Waals surface area contributed by atoms with Crippen LogP contribution in [0.1, 0.15) is 64.4 Å². The average Bonchev–Trinajstić information content (AvgIpc) is 2.69. The van der Waals surface area contributed by atoms with Gasteiger partial charge in [-0.2, -0.15) is 0 Å². The second kappa shape index (κ2) is 12.3. The first kappa shape index (κ1) is 21.1. The molecule has 0 aliphatic heterocycles. The number of hydrogen-bond acceptors (Lipinski definition) is 3. The Hall–Kier alpha value is -2.16. The van der Waals surface area contributed by atoms with E-state index in [1.54, 1.807) is 0 Å². The van der Waals surface area contributed by atoms with Crippen molar-refractivity contribution in [3.63, 3.8) is 0 Å². The molecule has 0 bridgehead atoms. The molecule has 0 aromatic heterocycles. The Morgan fingerprint density at radius 2 is 1.56 bits per heavy atom. The molecule has 0 saturated carbocycles. The molecule has 0 fully saturated rings. The number of ether oxygens (including phenoxy) is 2. The lowest BCUT2D eigenvalue weighted by atomic mass is 10.0. The molecule has 0 atom stereocenters. The molecule has 0 heterocycles. The molecule has 0 saturated heterocycles. The summed E-state index contributed by atoms with van der Waals surface area (Å²) in [6.07, 6.45) is 6.31. The summed E-state index contributed by atoms with van der Waals surface area (Å²) in [5.74, 6) is 2.39. The summed E-state index contributed by atoms with van der Waals surface area (Å²) in [5.41, 5.74) is 2.35. The van der Waals surface area contributed by atoms with Crippen LogP contribution in [0.15, 0.2) is 48.5 Å². The Bertz CT molecular complexity index is 637. The van der Waals surface area contributed by atoms with Gasteiger partial charge < -0.3 is 14.8 Å². The molecule has 2 aromatic rings. The van der Waals surface area contributed by atoms with Gasteiger partial charge in [-0.15, -0.1) is 0 Å². The van der Waals surface area contributed by atoms with Gasteiger partial charge in [0.05, 0.1) is 6.61 Å². The van der Waals surface area contributed by atoms with Crippen LogP contribution in [0.25, 0.3) is 0 Å². The number of hydrogen-bond donors (Lipinski definition) is 1. The third-order valence-electron chi connectivity index (χ3n) is 4.60. The van der Waals surface area contributed by atoms with E-state index in [2.05, 4.69) is 50.4 Å². The smallest absolute Gasteiger partial charge is 0.122 e. The monoisotopic (exact) mass is 369 g/mol.